The summed E-state index contributed by atoms with van der Waals surface area (Å²) >= 11 is 0. The first-order valence-electron chi connectivity index (χ1n) is 8.62. The third kappa shape index (κ3) is 1.75. The summed E-state index contributed by atoms with van der Waals surface area (Å²) in [4.78, 5) is 0. The van der Waals surface area contributed by atoms with Crippen LogP contribution in [0.2, 0.25) is 0 Å². The zero-order chi connectivity index (χ0) is 12.6. The topological polar surface area (TPSA) is 25.1 Å². The Labute approximate surface area is 116 Å². The Hall–Kier alpha value is -0.0800. The Bertz CT molecular complexity index is 373. The summed E-state index contributed by atoms with van der Waals surface area (Å²) in [6.07, 6.45) is 12.5. The van der Waals surface area contributed by atoms with E-state index >= 15 is 0 Å². The van der Waals surface area contributed by atoms with Crippen LogP contribution in [-0.2, 0) is 9.47 Å². The molecule has 0 spiro atoms. The highest BCUT2D eigenvalue weighted by atomic mass is 16.6. The quantitative estimate of drug-likeness (QED) is 0.677. The Morgan fingerprint density at radius 1 is 0.737 bits per heavy atom. The summed E-state index contributed by atoms with van der Waals surface area (Å²) in [5.74, 6) is 4.55. The monoisotopic (exact) mass is 262 g/mol. The molecule has 2 nitrogen and oxygen atoms in total. The van der Waals surface area contributed by atoms with Crippen LogP contribution >= 0.6 is 0 Å². The predicted molar refractivity (Wildman–Crippen MR) is 72.8 cm³/mol. The molecule has 7 atom stereocenters. The fourth-order valence-corrected chi connectivity index (χ4v) is 5.75. The van der Waals surface area contributed by atoms with E-state index in [1.54, 1.807) is 0 Å². The van der Waals surface area contributed by atoms with Gasteiger partial charge in [-0.05, 0) is 55.8 Å². The standard InChI is InChI=1S/C17H26O2/c1-9-2-4-10(5-3-9)12-8-11-6-7-13-16(18-13)14(11)17-15(12)19-17/h9-17H,2-8H2,1H3. The lowest BCUT2D eigenvalue weighted by Crippen LogP contribution is -2.41. The fraction of sp³-hybridized carbons (Fsp3) is 1.00. The van der Waals surface area contributed by atoms with Gasteiger partial charge in [0.1, 0.15) is 0 Å². The molecule has 0 aromatic heterocycles. The lowest BCUT2D eigenvalue weighted by molar-refractivity contribution is 0.109. The van der Waals surface area contributed by atoms with E-state index in [1.807, 2.05) is 0 Å². The van der Waals surface area contributed by atoms with E-state index in [2.05, 4.69) is 6.92 Å². The summed E-state index contributed by atoms with van der Waals surface area (Å²) in [5.41, 5.74) is 0. The molecule has 5 fully saturated rings. The summed E-state index contributed by atoms with van der Waals surface area (Å²) in [6, 6.07) is 0. The summed E-state index contributed by atoms with van der Waals surface area (Å²) in [5, 5.41) is 0. The fourth-order valence-electron chi connectivity index (χ4n) is 5.75. The minimum absolute atomic E-state index is 0.596. The zero-order valence-corrected chi connectivity index (χ0v) is 12.0. The Kier molecular flexibility index (Phi) is 2.42. The molecule has 2 heteroatoms. The Balaban J connectivity index is 1.31. The molecule has 3 aliphatic carbocycles. The Morgan fingerprint density at radius 2 is 1.53 bits per heavy atom. The van der Waals surface area contributed by atoms with Crippen molar-refractivity contribution in [3.8, 4) is 0 Å². The summed E-state index contributed by atoms with van der Waals surface area (Å²) in [7, 11) is 0. The van der Waals surface area contributed by atoms with E-state index in [9.17, 15) is 0 Å². The number of hydrogen-bond donors (Lipinski definition) is 0. The number of rotatable bonds is 1. The minimum atomic E-state index is 0.596. The molecule has 0 N–H and O–H groups in total. The average molecular weight is 262 g/mol. The van der Waals surface area contributed by atoms with Crippen molar-refractivity contribution >= 4 is 0 Å². The molecule has 0 aromatic rings. The largest absolute Gasteiger partial charge is 0.369 e. The van der Waals surface area contributed by atoms with Crippen molar-refractivity contribution in [1.29, 1.82) is 0 Å². The van der Waals surface area contributed by atoms with Crippen LogP contribution < -0.4 is 0 Å². The van der Waals surface area contributed by atoms with Gasteiger partial charge in [0.2, 0.25) is 0 Å². The first-order chi connectivity index (χ1) is 9.31. The van der Waals surface area contributed by atoms with Crippen LogP contribution in [0.25, 0.3) is 0 Å². The van der Waals surface area contributed by atoms with Gasteiger partial charge >= 0.3 is 0 Å². The lowest BCUT2D eigenvalue weighted by atomic mass is 9.62. The van der Waals surface area contributed by atoms with Gasteiger partial charge in [-0.1, -0.05) is 19.8 Å². The van der Waals surface area contributed by atoms with E-state index < -0.39 is 0 Å². The Morgan fingerprint density at radius 3 is 2.37 bits per heavy atom. The van der Waals surface area contributed by atoms with Crippen LogP contribution in [0.3, 0.4) is 0 Å². The number of hydrogen-bond acceptors (Lipinski definition) is 2. The van der Waals surface area contributed by atoms with Crippen LogP contribution in [0.4, 0.5) is 0 Å². The molecule has 106 valence electrons. The van der Waals surface area contributed by atoms with Crippen LogP contribution in [-0.4, -0.2) is 24.4 Å². The second kappa shape index (κ2) is 3.98. The zero-order valence-electron chi connectivity index (χ0n) is 12.0. The summed E-state index contributed by atoms with van der Waals surface area (Å²) in [6.45, 7) is 2.43. The second-order valence-corrected chi connectivity index (χ2v) is 8.04. The van der Waals surface area contributed by atoms with Gasteiger partial charge in [-0.25, -0.2) is 0 Å². The van der Waals surface area contributed by atoms with Gasteiger partial charge in [-0.15, -0.1) is 0 Å². The van der Waals surface area contributed by atoms with Crippen molar-refractivity contribution in [2.45, 2.75) is 76.3 Å². The van der Waals surface area contributed by atoms with Gasteiger partial charge in [0.15, 0.2) is 0 Å². The van der Waals surface area contributed by atoms with E-state index in [0.717, 1.165) is 29.6 Å². The molecule has 2 saturated heterocycles. The summed E-state index contributed by atoms with van der Waals surface area (Å²) < 4.78 is 12.0. The molecule has 2 aliphatic heterocycles. The molecule has 3 saturated carbocycles. The van der Waals surface area contributed by atoms with Crippen LogP contribution in [0.5, 0.6) is 0 Å². The molecule has 19 heavy (non-hydrogen) atoms. The maximum atomic E-state index is 6.16. The molecular formula is C17H26O2. The van der Waals surface area contributed by atoms with Gasteiger partial charge in [0, 0.05) is 5.92 Å². The molecule has 5 aliphatic rings. The third-order valence-corrected chi connectivity index (χ3v) is 6.97. The van der Waals surface area contributed by atoms with E-state index in [1.165, 1.54) is 44.9 Å². The molecular weight excluding hydrogens is 236 g/mol. The molecule has 5 rings (SSSR count). The second-order valence-electron chi connectivity index (χ2n) is 8.04. The lowest BCUT2D eigenvalue weighted by Gasteiger charge is -2.40. The maximum Gasteiger partial charge on any atom is 0.0901 e. The van der Waals surface area contributed by atoms with Gasteiger partial charge in [-0.2, -0.15) is 0 Å². The SMILES string of the molecule is CC1CCC(C2CC3CCC4OC4C3C3OC23)CC1. The molecule has 7 unspecified atom stereocenters. The molecule has 2 heterocycles. The van der Waals surface area contributed by atoms with Crippen molar-refractivity contribution in [2.24, 2.45) is 29.6 Å². The smallest absolute Gasteiger partial charge is 0.0901 e. The highest BCUT2D eigenvalue weighted by molar-refractivity contribution is 5.12. The first-order valence-corrected chi connectivity index (χ1v) is 8.62. The van der Waals surface area contributed by atoms with E-state index in [0.29, 0.717) is 24.4 Å². The number of ether oxygens (including phenoxy) is 2. The van der Waals surface area contributed by atoms with Crippen molar-refractivity contribution in [3.63, 3.8) is 0 Å². The van der Waals surface area contributed by atoms with Crippen molar-refractivity contribution < 1.29 is 9.47 Å². The normalized spacial score (nSPS) is 62.7. The van der Waals surface area contributed by atoms with Crippen molar-refractivity contribution in [1.82, 2.24) is 0 Å². The maximum absolute atomic E-state index is 6.16. The van der Waals surface area contributed by atoms with Crippen LogP contribution in [0, 0.1) is 29.6 Å². The van der Waals surface area contributed by atoms with Crippen LogP contribution in [0.1, 0.15) is 51.9 Å². The van der Waals surface area contributed by atoms with E-state index in [4.69, 9.17) is 9.47 Å². The highest BCUT2D eigenvalue weighted by Gasteiger charge is 2.65. The van der Waals surface area contributed by atoms with Crippen molar-refractivity contribution in [2.75, 3.05) is 0 Å². The highest BCUT2D eigenvalue weighted by Crippen LogP contribution is 2.59. The molecule has 0 aromatic carbocycles. The molecule has 0 bridgehead atoms. The van der Waals surface area contributed by atoms with Gasteiger partial charge in [0.05, 0.1) is 24.4 Å². The van der Waals surface area contributed by atoms with Gasteiger partial charge in [-0.3, -0.25) is 0 Å². The third-order valence-electron chi connectivity index (χ3n) is 6.97. The van der Waals surface area contributed by atoms with Crippen molar-refractivity contribution in [3.05, 3.63) is 0 Å². The van der Waals surface area contributed by atoms with Crippen LogP contribution in [0.15, 0.2) is 0 Å². The van der Waals surface area contributed by atoms with Gasteiger partial charge in [0.25, 0.3) is 0 Å². The minimum Gasteiger partial charge on any atom is -0.369 e. The average Bonchev–Trinajstić information content (AvgIpc) is 3.31. The van der Waals surface area contributed by atoms with Gasteiger partial charge < -0.3 is 9.47 Å². The molecule has 0 amide bonds. The molecule has 0 radical (unpaired) electrons. The first kappa shape index (κ1) is 11.6. The number of fused-ring (bicyclic) bond motifs is 5. The number of epoxide rings is 2. The van der Waals surface area contributed by atoms with E-state index in [-0.39, 0.29) is 0 Å². The predicted octanol–water partition coefficient (Wildman–Crippen LogP) is 3.39.